The summed E-state index contributed by atoms with van der Waals surface area (Å²) in [5, 5.41) is 5.41. The van der Waals surface area contributed by atoms with E-state index < -0.39 is 21.6 Å². The lowest BCUT2D eigenvalue weighted by atomic mass is 10.1. The van der Waals surface area contributed by atoms with E-state index in [0.717, 1.165) is 17.9 Å². The third-order valence-corrected chi connectivity index (χ3v) is 12.3. The van der Waals surface area contributed by atoms with E-state index in [2.05, 4.69) is 152 Å². The summed E-state index contributed by atoms with van der Waals surface area (Å²) in [5.74, 6) is -0.794. The Morgan fingerprint density at radius 1 is 0.513 bits per heavy atom. The Morgan fingerprint density at radius 2 is 0.897 bits per heavy atom. The van der Waals surface area contributed by atoms with E-state index in [4.69, 9.17) is 9.47 Å². The van der Waals surface area contributed by atoms with Crippen LogP contribution in [0.25, 0.3) is 0 Å². The summed E-state index contributed by atoms with van der Waals surface area (Å²) in [5.41, 5.74) is 1.09. The predicted octanol–water partition coefficient (Wildman–Crippen LogP) is 6.52. The Hall–Kier alpha value is -3.12. The van der Waals surface area contributed by atoms with E-state index in [0.29, 0.717) is 6.61 Å². The van der Waals surface area contributed by atoms with Gasteiger partial charge < -0.3 is 9.47 Å². The Bertz CT molecular complexity index is 1350. The maximum absolute atomic E-state index is 7.09. The van der Waals surface area contributed by atoms with E-state index in [1.165, 1.54) is 21.2 Å². The zero-order valence-corrected chi connectivity index (χ0v) is 23.6. The highest BCUT2D eigenvalue weighted by atomic mass is 31.1. The fraction of sp³-hybridized carbons (Fsp3) is 0.143. The molecule has 1 saturated heterocycles. The van der Waals surface area contributed by atoms with Crippen LogP contribution >= 0.6 is 15.8 Å². The quantitative estimate of drug-likeness (QED) is 0.196. The summed E-state index contributed by atoms with van der Waals surface area (Å²) in [6, 6.07) is 54.0. The summed E-state index contributed by atoms with van der Waals surface area (Å²) in [6.45, 7) is 0.583. The lowest BCUT2D eigenvalue weighted by Crippen LogP contribution is -2.35. The maximum Gasteiger partial charge on any atom is 0.199 e. The zero-order valence-electron chi connectivity index (χ0n) is 21.8. The van der Waals surface area contributed by atoms with Crippen molar-refractivity contribution in [3.63, 3.8) is 0 Å². The first-order valence-electron chi connectivity index (χ1n) is 13.4. The van der Waals surface area contributed by atoms with Gasteiger partial charge in [-0.1, -0.05) is 152 Å². The molecule has 0 amide bonds. The average Bonchev–Trinajstić information content (AvgIpc) is 3.44. The molecule has 0 spiro atoms. The van der Waals surface area contributed by atoms with Gasteiger partial charge >= 0.3 is 0 Å². The number of benzene rings is 5. The molecule has 0 N–H and O–H groups in total. The average molecular weight is 547 g/mol. The predicted molar refractivity (Wildman–Crippen MR) is 167 cm³/mol. The fourth-order valence-electron chi connectivity index (χ4n) is 5.21. The summed E-state index contributed by atoms with van der Waals surface area (Å²) in [4.78, 5) is 0. The third kappa shape index (κ3) is 6.06. The molecule has 2 nitrogen and oxygen atoms in total. The van der Waals surface area contributed by atoms with Crippen molar-refractivity contribution in [3.8, 4) is 0 Å². The SMILES string of the molecule is c1ccc(P(C[C@H]2CO[C@@](CP(c3ccccc3)c3ccccc3)(c3ccccc3)O2)c2ccccc2)cc1. The van der Waals surface area contributed by atoms with Gasteiger partial charge in [-0.25, -0.2) is 0 Å². The van der Waals surface area contributed by atoms with Gasteiger partial charge in [-0.2, -0.15) is 0 Å². The van der Waals surface area contributed by atoms with Gasteiger partial charge in [-0.3, -0.25) is 0 Å². The molecule has 39 heavy (non-hydrogen) atoms. The molecule has 1 aliphatic rings. The second-order valence-electron chi connectivity index (χ2n) is 9.71. The van der Waals surface area contributed by atoms with Gasteiger partial charge in [-0.05, 0) is 37.1 Å². The lowest BCUT2D eigenvalue weighted by molar-refractivity contribution is -0.155. The van der Waals surface area contributed by atoms with Gasteiger partial charge in [0.05, 0.1) is 12.7 Å². The number of ether oxygens (including phenoxy) is 2. The van der Waals surface area contributed by atoms with Crippen molar-refractivity contribution >= 4 is 37.1 Å². The monoisotopic (exact) mass is 546 g/mol. The van der Waals surface area contributed by atoms with Crippen molar-refractivity contribution in [2.45, 2.75) is 11.9 Å². The highest BCUT2D eigenvalue weighted by molar-refractivity contribution is 7.73. The highest BCUT2D eigenvalue weighted by Crippen LogP contribution is 2.48. The van der Waals surface area contributed by atoms with E-state index in [9.17, 15) is 0 Å². The van der Waals surface area contributed by atoms with Gasteiger partial charge in [0.15, 0.2) is 5.79 Å². The van der Waals surface area contributed by atoms with Crippen molar-refractivity contribution in [1.29, 1.82) is 0 Å². The van der Waals surface area contributed by atoms with Crippen LogP contribution in [-0.4, -0.2) is 25.0 Å². The minimum atomic E-state index is -0.794. The van der Waals surface area contributed by atoms with E-state index in [-0.39, 0.29) is 6.10 Å². The molecule has 0 bridgehead atoms. The van der Waals surface area contributed by atoms with Gasteiger partial charge in [-0.15, -0.1) is 0 Å². The summed E-state index contributed by atoms with van der Waals surface area (Å²) in [6.07, 6.45) is 1.69. The molecule has 0 radical (unpaired) electrons. The first-order valence-corrected chi connectivity index (χ1v) is 16.5. The number of hydrogen-bond donors (Lipinski definition) is 0. The van der Waals surface area contributed by atoms with Crippen molar-refractivity contribution in [2.75, 3.05) is 18.9 Å². The van der Waals surface area contributed by atoms with Crippen molar-refractivity contribution < 1.29 is 9.47 Å². The molecular weight excluding hydrogens is 514 g/mol. The molecule has 1 fully saturated rings. The molecule has 1 aliphatic heterocycles. The highest BCUT2D eigenvalue weighted by Gasteiger charge is 2.46. The third-order valence-electron chi connectivity index (χ3n) is 7.10. The van der Waals surface area contributed by atoms with Crippen LogP contribution in [0.3, 0.4) is 0 Å². The molecule has 5 aromatic carbocycles. The fourth-order valence-corrected chi connectivity index (χ4v) is 10.1. The minimum Gasteiger partial charge on any atom is -0.343 e. The first kappa shape index (κ1) is 26.1. The van der Waals surface area contributed by atoms with Crippen LogP contribution in [0.15, 0.2) is 152 Å². The van der Waals surface area contributed by atoms with E-state index in [1.54, 1.807) is 0 Å². The van der Waals surface area contributed by atoms with Crippen LogP contribution in [0.4, 0.5) is 0 Å². The summed E-state index contributed by atoms with van der Waals surface area (Å²) >= 11 is 0. The summed E-state index contributed by atoms with van der Waals surface area (Å²) in [7, 11) is -1.29. The molecule has 0 unspecified atom stereocenters. The van der Waals surface area contributed by atoms with Crippen LogP contribution in [0, 0.1) is 0 Å². The Kier molecular flexibility index (Phi) is 8.29. The molecule has 0 aliphatic carbocycles. The van der Waals surface area contributed by atoms with Crippen molar-refractivity contribution in [2.24, 2.45) is 0 Å². The standard InChI is InChI=1S/C35H32O2P2/c1-6-16-29(17-7-1)35(28-39(33-22-12-4-13-23-33)34-24-14-5-15-25-34)36-26-30(37-35)27-38(31-18-8-2-9-19-31)32-20-10-3-11-21-32/h1-25,30H,26-28H2/t30-,35-/m1/s1. The maximum atomic E-state index is 7.09. The molecule has 4 heteroatoms. The second kappa shape index (κ2) is 12.4. The minimum absolute atomic E-state index is 0.000117. The topological polar surface area (TPSA) is 18.5 Å². The van der Waals surface area contributed by atoms with Gasteiger partial charge in [0.25, 0.3) is 0 Å². The Morgan fingerprint density at radius 3 is 1.33 bits per heavy atom. The second-order valence-corrected chi connectivity index (χ2v) is 14.2. The molecule has 5 aromatic rings. The molecule has 194 valence electrons. The van der Waals surface area contributed by atoms with Gasteiger partial charge in [0.1, 0.15) is 0 Å². The summed E-state index contributed by atoms with van der Waals surface area (Å²) < 4.78 is 13.9. The van der Waals surface area contributed by atoms with Crippen LogP contribution in [0.1, 0.15) is 5.56 Å². The van der Waals surface area contributed by atoms with Gasteiger partial charge in [0, 0.05) is 17.9 Å². The van der Waals surface area contributed by atoms with Gasteiger partial charge in [0.2, 0.25) is 0 Å². The smallest absolute Gasteiger partial charge is 0.199 e. The molecule has 0 aromatic heterocycles. The van der Waals surface area contributed by atoms with Crippen LogP contribution in [0.5, 0.6) is 0 Å². The van der Waals surface area contributed by atoms with Crippen molar-refractivity contribution in [3.05, 3.63) is 157 Å². The Labute approximate surface area is 234 Å². The zero-order chi connectivity index (χ0) is 26.3. The largest absolute Gasteiger partial charge is 0.343 e. The number of rotatable bonds is 9. The lowest BCUT2D eigenvalue weighted by Gasteiger charge is -2.33. The Balaban J connectivity index is 1.34. The van der Waals surface area contributed by atoms with Crippen molar-refractivity contribution in [1.82, 2.24) is 0 Å². The molecule has 0 saturated carbocycles. The van der Waals surface area contributed by atoms with Crippen LogP contribution in [-0.2, 0) is 15.3 Å². The van der Waals surface area contributed by atoms with E-state index >= 15 is 0 Å². The first-order chi connectivity index (χ1) is 19.3. The molecule has 2 atom stereocenters. The normalized spacial score (nSPS) is 19.0. The molecular formula is C35H32O2P2. The molecule has 1 heterocycles. The van der Waals surface area contributed by atoms with E-state index in [1.807, 2.05) is 0 Å². The number of hydrogen-bond acceptors (Lipinski definition) is 2. The van der Waals surface area contributed by atoms with Crippen LogP contribution < -0.4 is 21.2 Å². The van der Waals surface area contributed by atoms with Crippen LogP contribution in [0.2, 0.25) is 0 Å². The molecule has 6 rings (SSSR count).